The van der Waals surface area contributed by atoms with Crippen molar-refractivity contribution in [3.8, 4) is 0 Å². The zero-order chi connectivity index (χ0) is 13.1. The van der Waals surface area contributed by atoms with Gasteiger partial charge in [0.25, 0.3) is 0 Å². The van der Waals surface area contributed by atoms with Crippen LogP contribution in [-0.4, -0.2) is 38.3 Å². The van der Waals surface area contributed by atoms with E-state index < -0.39 is 0 Å². The standard InChI is InChI=1S/C13H25N3O/c1-7-8-15-11(14-5)16-10-9-13(4,17-6)12(10,2)3/h7,10H,1,8-9H2,2-6H3,(H2,14,15,16). The first-order valence-electron chi connectivity index (χ1n) is 6.04. The lowest BCUT2D eigenvalue weighted by molar-refractivity contribution is -0.176. The van der Waals surface area contributed by atoms with Crippen molar-refractivity contribution in [1.29, 1.82) is 0 Å². The Hall–Kier alpha value is -1.03. The number of hydrogen-bond donors (Lipinski definition) is 2. The summed E-state index contributed by atoms with van der Waals surface area (Å²) >= 11 is 0. The molecule has 4 nitrogen and oxygen atoms in total. The van der Waals surface area contributed by atoms with Gasteiger partial charge in [-0.3, -0.25) is 4.99 Å². The Morgan fingerprint density at radius 3 is 2.59 bits per heavy atom. The van der Waals surface area contributed by atoms with Gasteiger partial charge in [-0.15, -0.1) is 6.58 Å². The first-order chi connectivity index (χ1) is 7.91. The largest absolute Gasteiger partial charge is 0.378 e. The Labute approximate surface area is 105 Å². The second-order valence-electron chi connectivity index (χ2n) is 5.30. The van der Waals surface area contributed by atoms with Crippen molar-refractivity contribution >= 4 is 5.96 Å². The molecule has 0 spiro atoms. The monoisotopic (exact) mass is 239 g/mol. The molecule has 1 aliphatic rings. The third kappa shape index (κ3) is 2.46. The molecule has 98 valence electrons. The van der Waals surface area contributed by atoms with E-state index in [4.69, 9.17) is 4.74 Å². The SMILES string of the molecule is C=CCNC(=NC)NC1CC(C)(OC)C1(C)C. The highest BCUT2D eigenvalue weighted by atomic mass is 16.5. The highest BCUT2D eigenvalue weighted by Crippen LogP contribution is 2.51. The van der Waals surface area contributed by atoms with Crippen molar-refractivity contribution < 1.29 is 4.74 Å². The normalized spacial score (nSPS) is 31.6. The number of aliphatic imine (C=N–C) groups is 1. The lowest BCUT2D eigenvalue weighted by atomic mass is 9.56. The summed E-state index contributed by atoms with van der Waals surface area (Å²) in [5, 5.41) is 6.61. The van der Waals surface area contributed by atoms with Crippen molar-refractivity contribution in [3.63, 3.8) is 0 Å². The summed E-state index contributed by atoms with van der Waals surface area (Å²) in [4.78, 5) is 4.19. The third-order valence-electron chi connectivity index (χ3n) is 4.23. The second kappa shape index (κ2) is 5.08. The summed E-state index contributed by atoms with van der Waals surface area (Å²) in [5.74, 6) is 0.820. The van der Waals surface area contributed by atoms with Crippen LogP contribution >= 0.6 is 0 Å². The average molecular weight is 239 g/mol. The van der Waals surface area contributed by atoms with Crippen LogP contribution in [0.15, 0.2) is 17.6 Å². The molecule has 0 aromatic heterocycles. The molecule has 0 bridgehead atoms. The van der Waals surface area contributed by atoms with Crippen LogP contribution in [0.5, 0.6) is 0 Å². The van der Waals surface area contributed by atoms with Gasteiger partial charge >= 0.3 is 0 Å². The third-order valence-corrected chi connectivity index (χ3v) is 4.23. The molecule has 0 radical (unpaired) electrons. The highest BCUT2D eigenvalue weighted by molar-refractivity contribution is 5.80. The molecule has 0 aromatic rings. The predicted octanol–water partition coefficient (Wildman–Crippen LogP) is 1.54. The first kappa shape index (κ1) is 14.0. The molecule has 2 N–H and O–H groups in total. The first-order valence-corrected chi connectivity index (χ1v) is 6.04. The van der Waals surface area contributed by atoms with Gasteiger partial charge in [-0.2, -0.15) is 0 Å². The average Bonchev–Trinajstić information content (AvgIpc) is 2.32. The zero-order valence-electron chi connectivity index (χ0n) is 11.6. The van der Waals surface area contributed by atoms with Crippen LogP contribution in [-0.2, 0) is 4.74 Å². The van der Waals surface area contributed by atoms with Gasteiger partial charge in [0.15, 0.2) is 5.96 Å². The number of nitrogens with zero attached hydrogens (tertiary/aromatic N) is 1. The maximum atomic E-state index is 5.60. The van der Waals surface area contributed by atoms with Crippen LogP contribution in [0.25, 0.3) is 0 Å². The molecule has 1 saturated carbocycles. The number of hydrogen-bond acceptors (Lipinski definition) is 2. The van der Waals surface area contributed by atoms with E-state index in [1.165, 1.54) is 0 Å². The van der Waals surface area contributed by atoms with E-state index >= 15 is 0 Å². The Morgan fingerprint density at radius 2 is 2.18 bits per heavy atom. The van der Waals surface area contributed by atoms with E-state index in [0.717, 1.165) is 12.4 Å². The molecular formula is C13H25N3O. The fourth-order valence-electron chi connectivity index (χ4n) is 2.25. The summed E-state index contributed by atoms with van der Waals surface area (Å²) < 4.78 is 5.60. The van der Waals surface area contributed by atoms with Crippen LogP contribution < -0.4 is 10.6 Å². The summed E-state index contributed by atoms with van der Waals surface area (Å²) in [5.41, 5.74) is 0.0372. The fourth-order valence-corrected chi connectivity index (χ4v) is 2.25. The van der Waals surface area contributed by atoms with E-state index in [9.17, 15) is 0 Å². The molecule has 0 amide bonds. The fraction of sp³-hybridized carbons (Fsp3) is 0.769. The number of ether oxygens (including phenoxy) is 1. The number of nitrogens with one attached hydrogen (secondary N) is 2. The summed E-state index contributed by atoms with van der Waals surface area (Å²) in [6.07, 6.45) is 2.81. The zero-order valence-corrected chi connectivity index (χ0v) is 11.6. The van der Waals surface area contributed by atoms with Gasteiger partial charge in [0, 0.05) is 32.2 Å². The van der Waals surface area contributed by atoms with Gasteiger partial charge in [0.2, 0.25) is 0 Å². The molecule has 0 aliphatic heterocycles. The van der Waals surface area contributed by atoms with Gasteiger partial charge in [0.1, 0.15) is 0 Å². The minimum Gasteiger partial charge on any atom is -0.378 e. The lowest BCUT2D eigenvalue weighted by Crippen LogP contribution is -2.69. The second-order valence-corrected chi connectivity index (χ2v) is 5.30. The molecule has 17 heavy (non-hydrogen) atoms. The van der Waals surface area contributed by atoms with Gasteiger partial charge < -0.3 is 15.4 Å². The van der Waals surface area contributed by atoms with E-state index in [2.05, 4.69) is 43.0 Å². The maximum absolute atomic E-state index is 5.60. The van der Waals surface area contributed by atoms with Crippen molar-refractivity contribution in [2.24, 2.45) is 10.4 Å². The molecule has 1 aliphatic carbocycles. The lowest BCUT2D eigenvalue weighted by Gasteiger charge is -2.59. The Morgan fingerprint density at radius 1 is 1.53 bits per heavy atom. The molecular weight excluding hydrogens is 214 g/mol. The smallest absolute Gasteiger partial charge is 0.191 e. The van der Waals surface area contributed by atoms with Crippen LogP contribution in [0.4, 0.5) is 0 Å². The Kier molecular flexibility index (Phi) is 4.20. The maximum Gasteiger partial charge on any atom is 0.191 e. The van der Waals surface area contributed by atoms with Crippen LogP contribution in [0.3, 0.4) is 0 Å². The van der Waals surface area contributed by atoms with Gasteiger partial charge in [0.05, 0.1) is 5.60 Å². The molecule has 0 saturated heterocycles. The summed E-state index contributed by atoms with van der Waals surface area (Å²) in [6, 6.07) is 0.378. The number of guanidine groups is 1. The topological polar surface area (TPSA) is 45.7 Å². The Balaban J connectivity index is 2.58. The summed E-state index contributed by atoms with van der Waals surface area (Å²) in [6.45, 7) is 11.0. The van der Waals surface area contributed by atoms with Crippen LogP contribution in [0, 0.1) is 5.41 Å². The molecule has 0 aromatic carbocycles. The Bertz CT molecular complexity index is 312. The van der Waals surface area contributed by atoms with Gasteiger partial charge in [-0.05, 0) is 13.3 Å². The minimum absolute atomic E-state index is 0.0536. The molecule has 2 atom stereocenters. The van der Waals surface area contributed by atoms with Crippen molar-refractivity contribution in [3.05, 3.63) is 12.7 Å². The molecule has 2 unspecified atom stereocenters. The predicted molar refractivity (Wildman–Crippen MR) is 72.3 cm³/mol. The van der Waals surface area contributed by atoms with Crippen LogP contribution in [0.1, 0.15) is 27.2 Å². The molecule has 0 heterocycles. The molecule has 1 rings (SSSR count). The van der Waals surface area contributed by atoms with E-state index in [1.807, 2.05) is 6.08 Å². The van der Waals surface area contributed by atoms with Gasteiger partial charge in [-0.1, -0.05) is 19.9 Å². The van der Waals surface area contributed by atoms with E-state index in [0.29, 0.717) is 12.6 Å². The van der Waals surface area contributed by atoms with Crippen molar-refractivity contribution in [2.45, 2.75) is 38.8 Å². The van der Waals surface area contributed by atoms with Gasteiger partial charge in [-0.25, -0.2) is 0 Å². The molecule has 4 heteroatoms. The number of methoxy groups -OCH3 is 1. The highest BCUT2D eigenvalue weighted by Gasteiger charge is 2.57. The minimum atomic E-state index is -0.0536. The van der Waals surface area contributed by atoms with Crippen molar-refractivity contribution in [1.82, 2.24) is 10.6 Å². The van der Waals surface area contributed by atoms with Crippen LogP contribution in [0.2, 0.25) is 0 Å². The quantitative estimate of drug-likeness (QED) is 0.444. The molecule has 1 fully saturated rings. The van der Waals surface area contributed by atoms with E-state index in [1.54, 1.807) is 14.2 Å². The summed E-state index contributed by atoms with van der Waals surface area (Å²) in [7, 11) is 3.56. The van der Waals surface area contributed by atoms with E-state index in [-0.39, 0.29) is 11.0 Å². The number of rotatable bonds is 4. The van der Waals surface area contributed by atoms with Crippen molar-refractivity contribution in [2.75, 3.05) is 20.7 Å².